The maximum Gasteiger partial charge on any atom is 0.280 e. The largest absolute Gasteiger partial charge is 0.359 e. The molecule has 0 saturated heterocycles. The van der Waals surface area contributed by atoms with Crippen molar-refractivity contribution in [1.82, 2.24) is 20.6 Å². The molecule has 0 radical (unpaired) electrons. The third-order valence-electron chi connectivity index (χ3n) is 1.82. The summed E-state index contributed by atoms with van der Waals surface area (Å²) in [5.74, 6) is 0.847. The van der Waals surface area contributed by atoms with Crippen molar-refractivity contribution in [2.24, 2.45) is 4.99 Å². The van der Waals surface area contributed by atoms with Gasteiger partial charge in [0, 0.05) is 20.3 Å². The van der Waals surface area contributed by atoms with Crippen molar-refractivity contribution in [1.29, 1.82) is 0 Å². The fraction of sp³-hybridized carbons (Fsp3) is 0.444. The summed E-state index contributed by atoms with van der Waals surface area (Å²) in [5, 5.41) is 5.67. The molecule has 0 aliphatic carbocycles. The molecular formula is C9H14F2IN5. The van der Waals surface area contributed by atoms with Gasteiger partial charge in [-0.05, 0) is 6.07 Å². The van der Waals surface area contributed by atoms with Crippen LogP contribution in [0.2, 0.25) is 0 Å². The second-order valence-corrected chi connectivity index (χ2v) is 2.87. The van der Waals surface area contributed by atoms with Crippen LogP contribution in [0, 0.1) is 0 Å². The SMILES string of the molecule is CN=C(NC)NCc1nccc(C(F)F)n1.I. The van der Waals surface area contributed by atoms with Gasteiger partial charge in [0.2, 0.25) is 0 Å². The molecule has 0 spiro atoms. The van der Waals surface area contributed by atoms with E-state index in [4.69, 9.17) is 0 Å². The average Bonchev–Trinajstić information content (AvgIpc) is 2.31. The lowest BCUT2D eigenvalue weighted by Gasteiger charge is -2.07. The molecule has 0 fully saturated rings. The second kappa shape index (κ2) is 8.09. The van der Waals surface area contributed by atoms with Gasteiger partial charge in [0.05, 0.1) is 6.54 Å². The van der Waals surface area contributed by atoms with Crippen LogP contribution in [-0.4, -0.2) is 30.0 Å². The van der Waals surface area contributed by atoms with E-state index in [1.165, 1.54) is 12.3 Å². The molecule has 0 aromatic carbocycles. The Bertz CT molecular complexity index is 372. The molecule has 0 aliphatic rings. The molecule has 0 amide bonds. The summed E-state index contributed by atoms with van der Waals surface area (Å²) < 4.78 is 24.7. The van der Waals surface area contributed by atoms with Crippen molar-refractivity contribution in [2.75, 3.05) is 14.1 Å². The third kappa shape index (κ3) is 5.20. The number of nitrogens with zero attached hydrogens (tertiary/aromatic N) is 3. The van der Waals surface area contributed by atoms with Crippen LogP contribution in [0.15, 0.2) is 17.3 Å². The molecule has 0 saturated carbocycles. The van der Waals surface area contributed by atoms with E-state index in [2.05, 4.69) is 25.6 Å². The van der Waals surface area contributed by atoms with Gasteiger partial charge in [-0.1, -0.05) is 0 Å². The van der Waals surface area contributed by atoms with Crippen LogP contribution in [0.3, 0.4) is 0 Å². The Labute approximate surface area is 115 Å². The van der Waals surface area contributed by atoms with Gasteiger partial charge < -0.3 is 10.6 Å². The number of halogens is 3. The fourth-order valence-corrected chi connectivity index (χ4v) is 1.06. The molecule has 1 rings (SSSR count). The normalized spacial score (nSPS) is 11.0. The number of nitrogens with one attached hydrogen (secondary N) is 2. The first-order chi connectivity index (χ1) is 7.67. The van der Waals surface area contributed by atoms with Gasteiger partial charge in [-0.25, -0.2) is 18.7 Å². The highest BCUT2D eigenvalue weighted by atomic mass is 127. The highest BCUT2D eigenvalue weighted by molar-refractivity contribution is 14.0. The van der Waals surface area contributed by atoms with Gasteiger partial charge in [0.25, 0.3) is 6.43 Å². The molecule has 1 heterocycles. The van der Waals surface area contributed by atoms with Gasteiger partial charge >= 0.3 is 0 Å². The van der Waals surface area contributed by atoms with Gasteiger partial charge in [-0.15, -0.1) is 24.0 Å². The highest BCUT2D eigenvalue weighted by Crippen LogP contribution is 2.14. The zero-order valence-corrected chi connectivity index (χ0v) is 11.8. The summed E-state index contributed by atoms with van der Waals surface area (Å²) in [7, 11) is 3.31. The molecule has 1 aromatic heterocycles. The van der Waals surface area contributed by atoms with E-state index in [0.29, 0.717) is 11.8 Å². The fourth-order valence-electron chi connectivity index (χ4n) is 1.06. The Kier molecular flexibility index (Phi) is 7.59. The van der Waals surface area contributed by atoms with Crippen LogP contribution in [0.4, 0.5) is 8.78 Å². The average molecular weight is 357 g/mol. The summed E-state index contributed by atoms with van der Waals surface area (Å²) in [4.78, 5) is 11.4. The maximum absolute atomic E-state index is 12.3. The minimum atomic E-state index is -2.58. The highest BCUT2D eigenvalue weighted by Gasteiger charge is 2.09. The summed E-state index contributed by atoms with van der Waals surface area (Å²) in [6.45, 7) is 0.244. The van der Waals surface area contributed by atoms with Crippen LogP contribution in [-0.2, 0) is 6.54 Å². The van der Waals surface area contributed by atoms with Gasteiger partial charge in [0.1, 0.15) is 11.5 Å². The first kappa shape index (κ1) is 15.9. The number of aromatic nitrogens is 2. The Morgan fingerprint density at radius 2 is 2.24 bits per heavy atom. The van der Waals surface area contributed by atoms with E-state index in [-0.39, 0.29) is 36.2 Å². The van der Waals surface area contributed by atoms with Crippen molar-refractivity contribution >= 4 is 29.9 Å². The van der Waals surface area contributed by atoms with Crippen molar-refractivity contribution in [3.05, 3.63) is 23.8 Å². The van der Waals surface area contributed by atoms with Crippen molar-refractivity contribution in [3.63, 3.8) is 0 Å². The maximum atomic E-state index is 12.3. The predicted molar refractivity (Wildman–Crippen MR) is 71.7 cm³/mol. The lowest BCUT2D eigenvalue weighted by molar-refractivity contribution is 0.145. The molecule has 0 aliphatic heterocycles. The number of rotatable bonds is 3. The quantitative estimate of drug-likeness (QED) is 0.487. The Balaban J connectivity index is 0.00000256. The lowest BCUT2D eigenvalue weighted by atomic mass is 10.4. The molecule has 0 atom stereocenters. The number of aliphatic imine (C=N–C) groups is 1. The molecule has 2 N–H and O–H groups in total. The lowest BCUT2D eigenvalue weighted by Crippen LogP contribution is -2.34. The zero-order chi connectivity index (χ0) is 12.0. The van der Waals surface area contributed by atoms with Crippen molar-refractivity contribution in [2.45, 2.75) is 13.0 Å². The summed E-state index contributed by atoms with van der Waals surface area (Å²) in [5.41, 5.74) is -0.272. The summed E-state index contributed by atoms with van der Waals surface area (Å²) in [6.07, 6.45) is -1.27. The van der Waals surface area contributed by atoms with Crippen LogP contribution in [0.25, 0.3) is 0 Å². The Morgan fingerprint density at radius 3 is 2.76 bits per heavy atom. The molecular weight excluding hydrogens is 343 g/mol. The molecule has 0 unspecified atom stereocenters. The topological polar surface area (TPSA) is 62.2 Å². The van der Waals surface area contributed by atoms with Crippen LogP contribution in [0.5, 0.6) is 0 Å². The predicted octanol–water partition coefficient (Wildman–Crippen LogP) is 1.33. The van der Waals surface area contributed by atoms with Crippen LogP contribution in [0.1, 0.15) is 17.9 Å². The van der Waals surface area contributed by atoms with Crippen molar-refractivity contribution < 1.29 is 8.78 Å². The number of hydrogen-bond donors (Lipinski definition) is 2. The van der Waals surface area contributed by atoms with Gasteiger partial charge in [0.15, 0.2) is 5.96 Å². The Morgan fingerprint density at radius 1 is 1.53 bits per heavy atom. The standard InChI is InChI=1S/C9H13F2N5.HI/c1-12-9(13-2)15-5-7-14-4-3-6(16-7)8(10)11;/h3-4,8H,5H2,1-2H3,(H2,12,13,15);1H. The first-order valence-electron chi connectivity index (χ1n) is 4.65. The molecule has 8 heteroatoms. The van der Waals surface area contributed by atoms with E-state index < -0.39 is 6.43 Å². The number of alkyl halides is 2. The summed E-state index contributed by atoms with van der Waals surface area (Å²) in [6, 6.07) is 1.20. The first-order valence-corrected chi connectivity index (χ1v) is 4.65. The summed E-state index contributed by atoms with van der Waals surface area (Å²) >= 11 is 0. The molecule has 17 heavy (non-hydrogen) atoms. The number of hydrogen-bond acceptors (Lipinski definition) is 3. The van der Waals surface area contributed by atoms with E-state index in [9.17, 15) is 8.78 Å². The Hall–Kier alpha value is -1.06. The van der Waals surface area contributed by atoms with Crippen molar-refractivity contribution in [3.8, 4) is 0 Å². The van der Waals surface area contributed by atoms with E-state index >= 15 is 0 Å². The molecule has 5 nitrogen and oxygen atoms in total. The van der Waals surface area contributed by atoms with Gasteiger partial charge in [-0.2, -0.15) is 0 Å². The van der Waals surface area contributed by atoms with E-state index in [0.717, 1.165) is 0 Å². The third-order valence-corrected chi connectivity index (χ3v) is 1.82. The molecule has 96 valence electrons. The molecule has 1 aromatic rings. The number of guanidine groups is 1. The molecule has 0 bridgehead atoms. The van der Waals surface area contributed by atoms with Crippen LogP contribution >= 0.6 is 24.0 Å². The van der Waals surface area contributed by atoms with Crippen LogP contribution < -0.4 is 10.6 Å². The smallest absolute Gasteiger partial charge is 0.280 e. The zero-order valence-electron chi connectivity index (χ0n) is 9.44. The van der Waals surface area contributed by atoms with E-state index in [1.54, 1.807) is 14.1 Å². The minimum absolute atomic E-state index is 0. The van der Waals surface area contributed by atoms with E-state index in [1.807, 2.05) is 0 Å². The minimum Gasteiger partial charge on any atom is -0.359 e. The monoisotopic (exact) mass is 357 g/mol. The van der Waals surface area contributed by atoms with Gasteiger partial charge in [-0.3, -0.25) is 4.99 Å². The second-order valence-electron chi connectivity index (χ2n) is 2.87.